The average Bonchev–Trinajstić information content (AvgIpc) is 2.33. The normalized spacial score (nSPS) is 20.6. The highest BCUT2D eigenvalue weighted by atomic mass is 19.1. The van der Waals surface area contributed by atoms with E-state index >= 15 is 0 Å². The maximum atomic E-state index is 12.6. The third kappa shape index (κ3) is 2.41. The molecule has 90 valence electrons. The molecular weight excluding hydrogens is 225 g/mol. The number of aromatic nitrogens is 1. The summed E-state index contributed by atoms with van der Waals surface area (Å²) in [7, 11) is 1.45. The molecular formula is C11H12FN3O2. The summed E-state index contributed by atoms with van der Waals surface area (Å²) in [6.07, 6.45) is 1.83. The van der Waals surface area contributed by atoms with Crippen LogP contribution in [0.3, 0.4) is 0 Å². The summed E-state index contributed by atoms with van der Waals surface area (Å²) in [6.45, 7) is 0. The fourth-order valence-corrected chi connectivity index (χ4v) is 1.69. The van der Waals surface area contributed by atoms with Crippen LogP contribution in [0.2, 0.25) is 0 Å². The Kier molecular flexibility index (Phi) is 3.03. The predicted octanol–water partition coefficient (Wildman–Crippen LogP) is 0.780. The van der Waals surface area contributed by atoms with Crippen molar-refractivity contribution in [3.63, 3.8) is 0 Å². The first-order valence-corrected chi connectivity index (χ1v) is 5.26. The molecule has 1 aliphatic rings. The van der Waals surface area contributed by atoms with Crippen LogP contribution in [-0.4, -0.2) is 34.8 Å². The van der Waals surface area contributed by atoms with Gasteiger partial charge >= 0.3 is 0 Å². The lowest BCUT2D eigenvalue weighted by molar-refractivity contribution is -0.146. The van der Waals surface area contributed by atoms with Crippen LogP contribution >= 0.6 is 0 Å². The van der Waals surface area contributed by atoms with Gasteiger partial charge in [-0.15, -0.1) is 0 Å². The van der Waals surface area contributed by atoms with E-state index in [1.54, 1.807) is 0 Å². The summed E-state index contributed by atoms with van der Waals surface area (Å²) in [6, 6.07) is 2.24. The van der Waals surface area contributed by atoms with Crippen LogP contribution in [0, 0.1) is 5.82 Å². The number of carbonyl (C=O) groups excluding carboxylic acids is 2. The second-order valence-electron chi connectivity index (χ2n) is 3.89. The fraction of sp³-hybridized carbons (Fsp3) is 0.364. The lowest BCUT2D eigenvalue weighted by atomic mass is 10.0. The number of halogens is 1. The molecule has 2 heterocycles. The van der Waals surface area contributed by atoms with Crippen molar-refractivity contribution in [2.24, 2.45) is 0 Å². The summed E-state index contributed by atoms with van der Waals surface area (Å²) in [5.74, 6) is -0.474. The Morgan fingerprint density at radius 2 is 2.24 bits per heavy atom. The molecule has 1 aromatic rings. The highest BCUT2D eigenvalue weighted by molar-refractivity contribution is 6.01. The quantitative estimate of drug-likeness (QED) is 0.772. The molecule has 1 fully saturated rings. The Labute approximate surface area is 97.6 Å². The smallest absolute Gasteiger partial charge is 0.251 e. The first-order valence-electron chi connectivity index (χ1n) is 5.26. The first kappa shape index (κ1) is 11.5. The van der Waals surface area contributed by atoms with Gasteiger partial charge in [-0.1, -0.05) is 0 Å². The number of likely N-dealkylation sites (tertiary alicyclic amines) is 1. The van der Waals surface area contributed by atoms with Crippen LogP contribution < -0.4 is 5.32 Å². The lowest BCUT2D eigenvalue weighted by Gasteiger charge is -2.28. The Balaban J connectivity index is 2.06. The van der Waals surface area contributed by atoms with Gasteiger partial charge in [0, 0.05) is 13.5 Å². The van der Waals surface area contributed by atoms with Gasteiger partial charge in [-0.25, -0.2) is 9.37 Å². The molecule has 0 spiro atoms. The minimum absolute atomic E-state index is 0.180. The van der Waals surface area contributed by atoms with E-state index in [0.29, 0.717) is 18.7 Å². The van der Waals surface area contributed by atoms with Gasteiger partial charge < -0.3 is 5.32 Å². The van der Waals surface area contributed by atoms with Gasteiger partial charge in [-0.3, -0.25) is 14.5 Å². The number of hydrogen-bond donors (Lipinski definition) is 1. The number of piperidine rings is 1. The number of anilines is 1. The zero-order valence-corrected chi connectivity index (χ0v) is 9.31. The van der Waals surface area contributed by atoms with Crippen molar-refractivity contribution in [3.8, 4) is 0 Å². The van der Waals surface area contributed by atoms with Crippen LogP contribution in [0.5, 0.6) is 0 Å². The molecule has 0 aromatic carbocycles. The Morgan fingerprint density at radius 1 is 1.47 bits per heavy atom. The van der Waals surface area contributed by atoms with Crippen LogP contribution in [0.15, 0.2) is 18.3 Å². The Bertz CT molecular complexity index is 447. The predicted molar refractivity (Wildman–Crippen MR) is 58.6 cm³/mol. The molecule has 6 heteroatoms. The van der Waals surface area contributed by atoms with E-state index in [9.17, 15) is 14.0 Å². The molecule has 0 bridgehead atoms. The Morgan fingerprint density at radius 3 is 2.88 bits per heavy atom. The highest BCUT2D eigenvalue weighted by Gasteiger charge is 2.31. The maximum absolute atomic E-state index is 12.6. The van der Waals surface area contributed by atoms with Crippen molar-refractivity contribution >= 4 is 17.6 Å². The third-order valence-corrected chi connectivity index (χ3v) is 2.70. The monoisotopic (exact) mass is 237 g/mol. The number of nitrogens with zero attached hydrogens (tertiary/aromatic N) is 2. The molecule has 1 aliphatic heterocycles. The second-order valence-corrected chi connectivity index (χ2v) is 3.89. The zero-order valence-electron chi connectivity index (χ0n) is 9.31. The van der Waals surface area contributed by atoms with Gasteiger partial charge in [-0.2, -0.15) is 0 Å². The van der Waals surface area contributed by atoms with E-state index in [4.69, 9.17) is 0 Å². The topological polar surface area (TPSA) is 62.3 Å². The molecule has 1 unspecified atom stereocenters. The van der Waals surface area contributed by atoms with E-state index < -0.39 is 11.9 Å². The number of hydrogen-bond acceptors (Lipinski definition) is 4. The second kappa shape index (κ2) is 4.48. The van der Waals surface area contributed by atoms with E-state index in [1.165, 1.54) is 19.2 Å². The van der Waals surface area contributed by atoms with Gasteiger partial charge in [0.2, 0.25) is 5.91 Å². The maximum Gasteiger partial charge on any atom is 0.251 e. The van der Waals surface area contributed by atoms with E-state index in [-0.39, 0.29) is 11.8 Å². The molecule has 1 N–H and O–H groups in total. The third-order valence-electron chi connectivity index (χ3n) is 2.70. The highest BCUT2D eigenvalue weighted by Crippen LogP contribution is 2.15. The number of rotatable bonds is 2. The van der Waals surface area contributed by atoms with Crippen molar-refractivity contribution in [2.75, 3.05) is 12.4 Å². The van der Waals surface area contributed by atoms with Gasteiger partial charge in [0.25, 0.3) is 5.91 Å². The molecule has 1 aromatic heterocycles. The van der Waals surface area contributed by atoms with Crippen molar-refractivity contribution in [1.29, 1.82) is 0 Å². The summed E-state index contributed by atoms with van der Waals surface area (Å²) >= 11 is 0. The number of pyridine rings is 1. The number of amides is 2. The number of imide groups is 1. The van der Waals surface area contributed by atoms with Crippen molar-refractivity contribution in [1.82, 2.24) is 9.88 Å². The molecule has 0 aliphatic carbocycles. The van der Waals surface area contributed by atoms with E-state index in [2.05, 4.69) is 10.3 Å². The zero-order chi connectivity index (χ0) is 12.4. The lowest BCUT2D eigenvalue weighted by Crippen LogP contribution is -2.48. The van der Waals surface area contributed by atoms with Crippen molar-refractivity contribution in [3.05, 3.63) is 24.1 Å². The van der Waals surface area contributed by atoms with Crippen molar-refractivity contribution < 1.29 is 14.0 Å². The summed E-state index contributed by atoms with van der Waals surface area (Å²) < 4.78 is 12.6. The molecule has 2 rings (SSSR count). The summed E-state index contributed by atoms with van der Waals surface area (Å²) in [4.78, 5) is 27.9. The number of nitrogens with one attached hydrogen (secondary N) is 1. The molecule has 0 saturated carbocycles. The molecule has 2 amide bonds. The molecule has 17 heavy (non-hydrogen) atoms. The average molecular weight is 237 g/mol. The largest absolute Gasteiger partial charge is 0.358 e. The molecule has 0 radical (unpaired) electrons. The Hall–Kier alpha value is -1.98. The van der Waals surface area contributed by atoms with Gasteiger partial charge in [-0.05, 0) is 18.6 Å². The first-order chi connectivity index (χ1) is 8.08. The summed E-state index contributed by atoms with van der Waals surface area (Å²) in [5, 5.41) is 2.89. The van der Waals surface area contributed by atoms with Crippen LogP contribution in [-0.2, 0) is 9.59 Å². The van der Waals surface area contributed by atoms with E-state index in [1.807, 2.05) is 0 Å². The fourth-order valence-electron chi connectivity index (χ4n) is 1.69. The van der Waals surface area contributed by atoms with Gasteiger partial charge in [0.1, 0.15) is 17.7 Å². The van der Waals surface area contributed by atoms with Crippen molar-refractivity contribution in [2.45, 2.75) is 18.9 Å². The SMILES string of the molecule is CN1C(=O)CCC(Nc2ccc(F)cn2)C1=O. The van der Waals surface area contributed by atoms with Crippen LogP contribution in [0.1, 0.15) is 12.8 Å². The number of carbonyl (C=O) groups is 2. The molecule has 1 atom stereocenters. The standard InChI is InChI=1S/C11H12FN3O2/c1-15-10(16)5-3-8(11(15)17)14-9-4-2-7(12)6-13-9/h2,4,6,8H,3,5H2,1H3,(H,13,14). The molecule has 5 nitrogen and oxygen atoms in total. The van der Waals surface area contributed by atoms with Crippen LogP contribution in [0.25, 0.3) is 0 Å². The summed E-state index contributed by atoms with van der Waals surface area (Å²) in [5.41, 5.74) is 0. The molecule has 1 saturated heterocycles. The minimum Gasteiger partial charge on any atom is -0.358 e. The number of likely N-dealkylation sites (N-methyl/N-ethyl adjacent to an activating group) is 1. The van der Waals surface area contributed by atoms with E-state index in [0.717, 1.165) is 11.1 Å². The van der Waals surface area contributed by atoms with Gasteiger partial charge in [0.05, 0.1) is 6.20 Å². The van der Waals surface area contributed by atoms with Crippen LogP contribution in [0.4, 0.5) is 10.2 Å². The van der Waals surface area contributed by atoms with Gasteiger partial charge in [0.15, 0.2) is 0 Å². The minimum atomic E-state index is -0.476.